The second-order valence-corrected chi connectivity index (χ2v) is 11.8. The highest BCUT2D eigenvalue weighted by atomic mass is 16.6. The number of carbonyl (C=O) groups is 3. The summed E-state index contributed by atoms with van der Waals surface area (Å²) < 4.78 is 10.8. The van der Waals surface area contributed by atoms with Crippen LogP contribution in [0.4, 0.5) is 0 Å². The number of cyclic esters (lactones) is 2. The zero-order valence-corrected chi connectivity index (χ0v) is 23.6. The SMILES string of the molecule is O=C(OCc1ccccc1)c1ccc2c3ccc4c5ccc6c7c(ccc(c8ccc(c9cccc1c92)c3c84)c75)C(=O)OC6=O. The highest BCUT2D eigenvalue weighted by Gasteiger charge is 2.30. The van der Waals surface area contributed by atoms with Crippen LogP contribution in [0.2, 0.25) is 0 Å². The Labute approximate surface area is 254 Å². The molecule has 0 aliphatic carbocycles. The van der Waals surface area contributed by atoms with Crippen molar-refractivity contribution < 1.29 is 23.9 Å². The largest absolute Gasteiger partial charge is 0.457 e. The molecule has 1 aliphatic heterocycles. The zero-order chi connectivity index (χ0) is 30.0. The van der Waals surface area contributed by atoms with Gasteiger partial charge in [-0.05, 0) is 93.8 Å². The fourth-order valence-electron chi connectivity index (χ4n) is 7.71. The number of esters is 3. The first kappa shape index (κ1) is 24.4. The van der Waals surface area contributed by atoms with Crippen molar-refractivity contribution in [3.8, 4) is 0 Å². The van der Waals surface area contributed by atoms with Crippen LogP contribution in [-0.4, -0.2) is 17.9 Å². The zero-order valence-electron chi connectivity index (χ0n) is 23.6. The van der Waals surface area contributed by atoms with Gasteiger partial charge in [0.15, 0.2) is 0 Å². The molecule has 0 N–H and O–H groups in total. The van der Waals surface area contributed by atoms with Crippen LogP contribution in [0.25, 0.3) is 75.4 Å². The van der Waals surface area contributed by atoms with Crippen molar-refractivity contribution in [2.24, 2.45) is 0 Å². The Morgan fingerprint density at radius 2 is 0.933 bits per heavy atom. The fourth-order valence-corrected chi connectivity index (χ4v) is 7.71. The summed E-state index contributed by atoms with van der Waals surface area (Å²) in [6, 6.07) is 35.8. The monoisotopic (exact) mass is 580 g/mol. The fraction of sp³-hybridized carbons (Fsp3) is 0.0250. The molecule has 0 saturated heterocycles. The van der Waals surface area contributed by atoms with Crippen molar-refractivity contribution in [1.82, 2.24) is 0 Å². The van der Waals surface area contributed by atoms with Gasteiger partial charge in [-0.3, -0.25) is 0 Å². The van der Waals surface area contributed by atoms with E-state index in [2.05, 4.69) is 30.3 Å². The van der Waals surface area contributed by atoms with Crippen molar-refractivity contribution in [3.63, 3.8) is 0 Å². The van der Waals surface area contributed by atoms with Crippen LogP contribution < -0.4 is 0 Å². The van der Waals surface area contributed by atoms with E-state index in [0.29, 0.717) is 22.1 Å². The number of ether oxygens (including phenoxy) is 2. The van der Waals surface area contributed by atoms with E-state index >= 15 is 0 Å². The molecule has 0 saturated carbocycles. The van der Waals surface area contributed by atoms with Crippen molar-refractivity contribution >= 4 is 93.3 Å². The average Bonchev–Trinajstić information content (AvgIpc) is 3.08. The third-order valence-corrected chi connectivity index (χ3v) is 9.58. The molecule has 9 aromatic rings. The molecule has 0 bridgehead atoms. The molecule has 0 amide bonds. The van der Waals surface area contributed by atoms with Gasteiger partial charge in [-0.15, -0.1) is 0 Å². The number of fused-ring (bicyclic) bond motifs is 4. The smallest absolute Gasteiger partial charge is 0.346 e. The first-order valence-corrected chi connectivity index (χ1v) is 14.8. The highest BCUT2D eigenvalue weighted by Crippen LogP contribution is 2.48. The summed E-state index contributed by atoms with van der Waals surface area (Å²) in [6.07, 6.45) is 0. The predicted molar refractivity (Wildman–Crippen MR) is 177 cm³/mol. The predicted octanol–water partition coefficient (Wildman–Crippen LogP) is 9.30. The van der Waals surface area contributed by atoms with E-state index in [0.717, 1.165) is 75.6 Å². The van der Waals surface area contributed by atoms with Gasteiger partial charge in [0.1, 0.15) is 6.61 Å². The Morgan fingerprint density at radius 3 is 1.53 bits per heavy atom. The lowest BCUT2D eigenvalue weighted by atomic mass is 9.82. The number of hydrogen-bond donors (Lipinski definition) is 0. The maximum Gasteiger partial charge on any atom is 0.346 e. The molecule has 5 nitrogen and oxygen atoms in total. The third kappa shape index (κ3) is 3.09. The second-order valence-electron chi connectivity index (χ2n) is 11.8. The van der Waals surface area contributed by atoms with Gasteiger partial charge in [0.05, 0.1) is 16.7 Å². The molecule has 0 fully saturated rings. The minimum atomic E-state index is -0.611. The molecule has 9 aromatic carbocycles. The van der Waals surface area contributed by atoms with Crippen molar-refractivity contribution in [1.29, 1.82) is 0 Å². The van der Waals surface area contributed by atoms with Gasteiger partial charge in [-0.1, -0.05) is 91.0 Å². The molecular formula is C40H20O5. The van der Waals surface area contributed by atoms with Gasteiger partial charge >= 0.3 is 17.9 Å². The molecule has 0 radical (unpaired) electrons. The quantitative estimate of drug-likeness (QED) is 0.0902. The molecule has 5 heteroatoms. The molecule has 1 aliphatic rings. The van der Waals surface area contributed by atoms with E-state index in [1.165, 1.54) is 0 Å². The van der Waals surface area contributed by atoms with E-state index < -0.39 is 11.9 Å². The highest BCUT2D eigenvalue weighted by molar-refractivity contribution is 6.44. The van der Waals surface area contributed by atoms with Crippen LogP contribution in [0.3, 0.4) is 0 Å². The van der Waals surface area contributed by atoms with Crippen molar-refractivity contribution in [2.45, 2.75) is 6.61 Å². The molecule has 0 aromatic heterocycles. The Bertz CT molecular complexity index is 2660. The number of hydrogen-bond acceptors (Lipinski definition) is 5. The summed E-state index contributed by atoms with van der Waals surface area (Å²) >= 11 is 0. The summed E-state index contributed by atoms with van der Waals surface area (Å²) in [5, 5.41) is 14.2. The summed E-state index contributed by atoms with van der Waals surface area (Å²) in [7, 11) is 0. The van der Waals surface area contributed by atoms with Crippen LogP contribution in [0.1, 0.15) is 36.6 Å². The maximum absolute atomic E-state index is 13.4. The Hall–Kier alpha value is -6.07. The van der Waals surface area contributed by atoms with E-state index in [-0.39, 0.29) is 12.6 Å². The van der Waals surface area contributed by atoms with Crippen LogP contribution in [0, 0.1) is 0 Å². The first-order chi connectivity index (χ1) is 22.1. The molecular weight excluding hydrogens is 560 g/mol. The minimum absolute atomic E-state index is 0.211. The van der Waals surface area contributed by atoms with Crippen LogP contribution in [0.5, 0.6) is 0 Å². The Morgan fingerprint density at radius 1 is 0.467 bits per heavy atom. The second kappa shape index (κ2) is 8.52. The lowest BCUT2D eigenvalue weighted by Crippen LogP contribution is -2.19. The summed E-state index contributed by atoms with van der Waals surface area (Å²) in [5.41, 5.74) is 2.31. The van der Waals surface area contributed by atoms with E-state index in [1.807, 2.05) is 66.7 Å². The van der Waals surface area contributed by atoms with Crippen molar-refractivity contribution in [3.05, 3.63) is 131 Å². The lowest BCUT2D eigenvalue weighted by Gasteiger charge is -2.22. The van der Waals surface area contributed by atoms with E-state index in [9.17, 15) is 14.4 Å². The Kier molecular flexibility index (Phi) is 4.61. The van der Waals surface area contributed by atoms with Crippen molar-refractivity contribution in [2.75, 3.05) is 0 Å². The number of carbonyl (C=O) groups excluding carboxylic acids is 3. The topological polar surface area (TPSA) is 69.7 Å². The van der Waals surface area contributed by atoms with E-state index in [4.69, 9.17) is 9.47 Å². The molecule has 10 rings (SSSR count). The van der Waals surface area contributed by atoms with Gasteiger partial charge in [-0.25, -0.2) is 14.4 Å². The molecule has 45 heavy (non-hydrogen) atoms. The third-order valence-electron chi connectivity index (χ3n) is 9.58. The van der Waals surface area contributed by atoms with E-state index in [1.54, 1.807) is 12.1 Å². The molecule has 0 atom stereocenters. The lowest BCUT2D eigenvalue weighted by molar-refractivity contribution is 0.0389. The first-order valence-electron chi connectivity index (χ1n) is 14.8. The molecule has 0 unspecified atom stereocenters. The summed E-state index contributed by atoms with van der Waals surface area (Å²) in [5.74, 6) is -1.57. The average molecular weight is 581 g/mol. The standard InChI is InChI=1S/C40H20O5/c41-38(44-19-20-5-2-1-3-6-20)30-16-13-23-25-10-12-27-29-15-18-32-37-31(39(42)45-40(32)43)17-14-28(36(29)37)26-11-9-24(34(25)35(26)27)21-7-4-8-22(30)33(21)23/h1-18H,19H2. The molecule has 210 valence electrons. The molecule has 1 heterocycles. The van der Waals surface area contributed by atoms with Gasteiger partial charge in [0.2, 0.25) is 0 Å². The van der Waals surface area contributed by atoms with Crippen LogP contribution in [-0.2, 0) is 16.1 Å². The molecule has 0 spiro atoms. The normalized spacial score (nSPS) is 13.3. The van der Waals surface area contributed by atoms with Gasteiger partial charge in [-0.2, -0.15) is 0 Å². The van der Waals surface area contributed by atoms with Gasteiger partial charge < -0.3 is 9.47 Å². The van der Waals surface area contributed by atoms with Crippen LogP contribution >= 0.6 is 0 Å². The minimum Gasteiger partial charge on any atom is -0.457 e. The van der Waals surface area contributed by atoms with Gasteiger partial charge in [0, 0.05) is 5.39 Å². The Balaban J connectivity index is 1.27. The van der Waals surface area contributed by atoms with Crippen LogP contribution in [0.15, 0.2) is 109 Å². The maximum atomic E-state index is 13.4. The summed E-state index contributed by atoms with van der Waals surface area (Å²) in [6.45, 7) is 0.211. The number of benzene rings is 9. The van der Waals surface area contributed by atoms with Gasteiger partial charge in [0.25, 0.3) is 0 Å². The summed E-state index contributed by atoms with van der Waals surface area (Å²) in [4.78, 5) is 38.8. The number of rotatable bonds is 3.